The maximum absolute atomic E-state index is 13.6. The number of nitrogens with one attached hydrogen (secondary N) is 2. The fraction of sp³-hybridized carbons (Fsp3) is 0.250. The van der Waals surface area contributed by atoms with Gasteiger partial charge in [0, 0.05) is 5.56 Å². The second-order valence-electron chi connectivity index (χ2n) is 6.25. The van der Waals surface area contributed by atoms with Crippen molar-refractivity contribution in [1.29, 1.82) is 0 Å². The highest BCUT2D eigenvalue weighted by atomic mass is 19.1. The molecule has 0 bridgehead atoms. The van der Waals surface area contributed by atoms with Gasteiger partial charge in [-0.05, 0) is 44.2 Å². The summed E-state index contributed by atoms with van der Waals surface area (Å²) in [6.07, 6.45) is -1.03. The number of amides is 2. The van der Waals surface area contributed by atoms with Crippen LogP contribution in [0.5, 0.6) is 17.2 Å². The fourth-order valence-electron chi connectivity index (χ4n) is 2.42. The first-order chi connectivity index (χ1) is 14.4. The van der Waals surface area contributed by atoms with Gasteiger partial charge in [-0.2, -0.15) is 0 Å². The predicted octanol–water partition coefficient (Wildman–Crippen LogP) is 1.91. The van der Waals surface area contributed by atoms with Gasteiger partial charge in [-0.3, -0.25) is 20.4 Å². The van der Waals surface area contributed by atoms with Crippen molar-refractivity contribution in [3.8, 4) is 17.2 Å². The van der Waals surface area contributed by atoms with Crippen LogP contribution in [0, 0.1) is 5.82 Å². The van der Waals surface area contributed by atoms with E-state index in [9.17, 15) is 14.0 Å². The molecule has 0 radical (unpaired) electrons. The Labute approximate surface area is 171 Å². The van der Waals surface area contributed by atoms with Crippen LogP contribution in [-0.4, -0.2) is 37.0 Å². The first-order valence-corrected chi connectivity index (χ1v) is 9.00. The lowest BCUT2D eigenvalue weighted by molar-refractivity contribution is -0.134. The summed E-state index contributed by atoms with van der Waals surface area (Å²) in [6.45, 7) is 2.87. The number of carbonyl (C=O) groups excluding carboxylic acids is 2. The van der Waals surface area contributed by atoms with Gasteiger partial charge in [0.25, 0.3) is 11.8 Å². The monoisotopic (exact) mass is 417 g/mol. The maximum Gasteiger partial charge on any atom is 0.279 e. The van der Waals surface area contributed by atoms with Crippen LogP contribution in [0.3, 0.4) is 0 Å². The van der Waals surface area contributed by atoms with Gasteiger partial charge in [0.2, 0.25) is 6.79 Å². The molecule has 30 heavy (non-hydrogen) atoms. The number of rotatable bonds is 7. The van der Waals surface area contributed by atoms with E-state index in [1.54, 1.807) is 31.2 Å². The predicted molar refractivity (Wildman–Crippen MR) is 104 cm³/mol. The molecule has 2 N–H and O–H groups in total. The van der Waals surface area contributed by atoms with E-state index in [0.29, 0.717) is 17.2 Å². The third-order valence-electron chi connectivity index (χ3n) is 4.02. The largest absolute Gasteiger partial charge is 0.478 e. The van der Waals surface area contributed by atoms with E-state index in [-0.39, 0.29) is 12.5 Å². The van der Waals surface area contributed by atoms with E-state index in [2.05, 4.69) is 16.0 Å². The average Bonchev–Trinajstić information content (AvgIpc) is 3.21. The number of halogens is 1. The van der Waals surface area contributed by atoms with Gasteiger partial charge >= 0.3 is 0 Å². The highest BCUT2D eigenvalue weighted by Gasteiger charge is 2.17. The second-order valence-corrected chi connectivity index (χ2v) is 6.25. The summed E-state index contributed by atoms with van der Waals surface area (Å²) in [4.78, 5) is 28.8. The number of para-hydroxylation sites is 1. The summed E-state index contributed by atoms with van der Waals surface area (Å²) in [5.41, 5.74) is 5.61. The van der Waals surface area contributed by atoms with E-state index in [0.717, 1.165) is 5.56 Å². The SMILES string of the molecule is C/C(=N/OCC(=O)NNC(=O)[C@@H](C)Oc1ccccc1F)c1ccc2c(c1)OCO2. The minimum Gasteiger partial charge on any atom is -0.478 e. The molecule has 0 aliphatic carbocycles. The molecule has 1 aliphatic rings. The first-order valence-electron chi connectivity index (χ1n) is 9.00. The Bertz CT molecular complexity index is 965. The maximum atomic E-state index is 13.6. The molecule has 10 heteroatoms. The van der Waals surface area contributed by atoms with Gasteiger partial charge in [-0.15, -0.1) is 0 Å². The Morgan fingerprint density at radius 3 is 2.73 bits per heavy atom. The quantitative estimate of drug-likeness (QED) is 0.526. The molecule has 1 heterocycles. The van der Waals surface area contributed by atoms with E-state index in [1.165, 1.54) is 25.1 Å². The van der Waals surface area contributed by atoms with Crippen LogP contribution < -0.4 is 25.1 Å². The molecule has 0 saturated heterocycles. The molecule has 158 valence electrons. The van der Waals surface area contributed by atoms with Crippen LogP contribution >= 0.6 is 0 Å². The van der Waals surface area contributed by atoms with Crippen molar-refractivity contribution >= 4 is 17.5 Å². The van der Waals surface area contributed by atoms with Gasteiger partial charge < -0.3 is 19.0 Å². The van der Waals surface area contributed by atoms with Gasteiger partial charge in [-0.25, -0.2) is 4.39 Å². The number of hydrogen-bond acceptors (Lipinski definition) is 7. The molecule has 3 rings (SSSR count). The molecule has 2 aromatic carbocycles. The molecule has 2 aromatic rings. The standard InChI is InChI=1S/C20H20FN3O6/c1-12(14-7-8-17-18(9-14)28-11-27-17)24-29-10-19(25)22-23-20(26)13(2)30-16-6-4-3-5-15(16)21/h3-9,13H,10-11H2,1-2H3,(H,22,25)(H,23,26)/b24-12-/t13-/m1/s1. The number of carbonyl (C=O) groups is 2. The van der Waals surface area contributed by atoms with E-state index in [4.69, 9.17) is 19.0 Å². The normalized spacial score (nSPS) is 13.4. The van der Waals surface area contributed by atoms with Crippen molar-refractivity contribution in [2.45, 2.75) is 20.0 Å². The molecule has 0 spiro atoms. The molecule has 0 unspecified atom stereocenters. The molecule has 0 saturated carbocycles. The Balaban J connectivity index is 1.41. The number of fused-ring (bicyclic) bond motifs is 1. The highest BCUT2D eigenvalue weighted by molar-refractivity contribution is 5.99. The Kier molecular flexibility index (Phi) is 6.68. The lowest BCUT2D eigenvalue weighted by atomic mass is 10.1. The number of benzene rings is 2. The van der Waals surface area contributed by atoms with Crippen molar-refractivity contribution in [3.63, 3.8) is 0 Å². The average molecular weight is 417 g/mol. The molecule has 0 aromatic heterocycles. The minimum atomic E-state index is -1.03. The Hall–Kier alpha value is -3.82. The van der Waals surface area contributed by atoms with Crippen molar-refractivity contribution in [1.82, 2.24) is 10.9 Å². The minimum absolute atomic E-state index is 0.0665. The van der Waals surface area contributed by atoms with Gasteiger partial charge in [0.1, 0.15) is 0 Å². The van der Waals surface area contributed by atoms with Crippen LogP contribution in [0.1, 0.15) is 19.4 Å². The smallest absolute Gasteiger partial charge is 0.279 e. The number of hydrogen-bond donors (Lipinski definition) is 2. The molecule has 0 fully saturated rings. The molecule has 9 nitrogen and oxygen atoms in total. The zero-order chi connectivity index (χ0) is 21.5. The zero-order valence-electron chi connectivity index (χ0n) is 16.3. The van der Waals surface area contributed by atoms with E-state index >= 15 is 0 Å². The van der Waals surface area contributed by atoms with Crippen LogP contribution in [0.4, 0.5) is 4.39 Å². The van der Waals surface area contributed by atoms with Crippen molar-refractivity contribution in [2.24, 2.45) is 5.16 Å². The van der Waals surface area contributed by atoms with E-state index in [1.807, 2.05) is 0 Å². The zero-order valence-corrected chi connectivity index (χ0v) is 16.3. The summed E-state index contributed by atoms with van der Waals surface area (Å²) < 4.78 is 29.3. The van der Waals surface area contributed by atoms with Crippen LogP contribution in [0.15, 0.2) is 47.6 Å². The lowest BCUT2D eigenvalue weighted by Gasteiger charge is -2.15. The fourth-order valence-corrected chi connectivity index (χ4v) is 2.42. The first kappa shape index (κ1) is 20.9. The number of hydrazine groups is 1. The Morgan fingerprint density at radius 2 is 1.93 bits per heavy atom. The number of oxime groups is 1. The molecule has 2 amide bonds. The second kappa shape index (κ2) is 9.59. The van der Waals surface area contributed by atoms with Crippen LogP contribution in [0.2, 0.25) is 0 Å². The molecule has 1 atom stereocenters. The van der Waals surface area contributed by atoms with Crippen LogP contribution in [0.25, 0.3) is 0 Å². The van der Waals surface area contributed by atoms with Crippen molar-refractivity contribution in [2.75, 3.05) is 13.4 Å². The third kappa shape index (κ3) is 5.37. The van der Waals surface area contributed by atoms with Crippen LogP contribution in [-0.2, 0) is 14.4 Å². The summed E-state index contributed by atoms with van der Waals surface area (Å²) in [5.74, 6) is -0.700. The van der Waals surface area contributed by atoms with Gasteiger partial charge in [0.05, 0.1) is 5.71 Å². The van der Waals surface area contributed by atoms with Gasteiger partial charge in [0.15, 0.2) is 35.8 Å². The Morgan fingerprint density at radius 1 is 1.17 bits per heavy atom. The molecular formula is C20H20FN3O6. The number of ether oxygens (including phenoxy) is 3. The summed E-state index contributed by atoms with van der Waals surface area (Å²) >= 11 is 0. The lowest BCUT2D eigenvalue weighted by Crippen LogP contribution is -2.48. The van der Waals surface area contributed by atoms with Crippen molar-refractivity contribution in [3.05, 3.63) is 53.8 Å². The summed E-state index contributed by atoms with van der Waals surface area (Å²) in [7, 11) is 0. The summed E-state index contributed by atoms with van der Waals surface area (Å²) in [5, 5.41) is 3.87. The topological polar surface area (TPSA) is 107 Å². The number of nitrogens with zero attached hydrogens (tertiary/aromatic N) is 1. The summed E-state index contributed by atoms with van der Waals surface area (Å²) in [6, 6.07) is 11.0. The van der Waals surface area contributed by atoms with Crippen molar-refractivity contribution < 1.29 is 33.0 Å². The molecule has 1 aliphatic heterocycles. The van der Waals surface area contributed by atoms with E-state index < -0.39 is 30.3 Å². The third-order valence-corrected chi connectivity index (χ3v) is 4.02. The highest BCUT2D eigenvalue weighted by Crippen LogP contribution is 2.32. The molecular weight excluding hydrogens is 397 g/mol. The van der Waals surface area contributed by atoms with Gasteiger partial charge in [-0.1, -0.05) is 17.3 Å².